The number of carbonyl (C=O) groups is 4. The van der Waals surface area contributed by atoms with Gasteiger partial charge in [0.2, 0.25) is 23.6 Å². The van der Waals surface area contributed by atoms with Crippen LogP contribution in [0.5, 0.6) is 0 Å². The van der Waals surface area contributed by atoms with Crippen molar-refractivity contribution in [1.82, 2.24) is 20.9 Å². The lowest BCUT2D eigenvalue weighted by Gasteiger charge is -2.31. The molecule has 5 unspecified atom stereocenters. The van der Waals surface area contributed by atoms with E-state index in [9.17, 15) is 24.3 Å². The van der Waals surface area contributed by atoms with E-state index in [4.69, 9.17) is 0 Å². The number of aliphatic hydroxyl groups is 1. The summed E-state index contributed by atoms with van der Waals surface area (Å²) in [7, 11) is 3.28. The number of amides is 4. The van der Waals surface area contributed by atoms with E-state index in [-0.39, 0.29) is 42.4 Å². The highest BCUT2D eigenvalue weighted by Crippen LogP contribution is 2.18. The zero-order chi connectivity index (χ0) is 28.7. The number of rotatable bonds is 18. The number of hydrogen-bond donors (Lipinski definition) is 4. The molecule has 0 saturated carbocycles. The molecule has 9 nitrogen and oxygen atoms in total. The van der Waals surface area contributed by atoms with E-state index < -0.39 is 36.0 Å². The molecular weight excluding hydrogens is 472 g/mol. The Balaban J connectivity index is 5.71. The SMILES string of the molecule is CCCCCC(=O)NC(C(=O)NC(CCC(=O)N(C)C)C(=O)NC(CC(C)C)C(O)C(C)CC)C(C)C. The average Bonchev–Trinajstić information content (AvgIpc) is 2.82. The van der Waals surface area contributed by atoms with Gasteiger partial charge in [-0.2, -0.15) is 0 Å². The van der Waals surface area contributed by atoms with Crippen LogP contribution in [0.3, 0.4) is 0 Å². The summed E-state index contributed by atoms with van der Waals surface area (Å²) < 4.78 is 0. The molecule has 0 rings (SSSR count). The van der Waals surface area contributed by atoms with Crippen molar-refractivity contribution in [3.05, 3.63) is 0 Å². The van der Waals surface area contributed by atoms with Crippen LogP contribution in [0.4, 0.5) is 0 Å². The zero-order valence-corrected chi connectivity index (χ0v) is 24.7. The first kappa shape index (κ1) is 34.8. The third kappa shape index (κ3) is 13.8. The Bertz CT molecular complexity index is 711. The second-order valence-electron chi connectivity index (χ2n) is 11.3. The monoisotopic (exact) mass is 526 g/mol. The minimum Gasteiger partial charge on any atom is -0.391 e. The molecule has 0 spiro atoms. The summed E-state index contributed by atoms with van der Waals surface area (Å²) in [6.45, 7) is 13.7. The molecule has 0 aromatic rings. The van der Waals surface area contributed by atoms with Gasteiger partial charge in [0.1, 0.15) is 12.1 Å². The van der Waals surface area contributed by atoms with Crippen LogP contribution in [0.1, 0.15) is 99.8 Å². The van der Waals surface area contributed by atoms with Crippen LogP contribution in [-0.4, -0.2) is 72.0 Å². The van der Waals surface area contributed by atoms with Gasteiger partial charge in [0, 0.05) is 26.9 Å². The number of unbranched alkanes of at least 4 members (excludes halogenated alkanes) is 2. The standard InChI is InChI=1S/C28H54N4O5/c1-10-12-13-14-23(33)31-25(19(5)6)28(37)29-21(15-16-24(34)32(8)9)27(36)30-22(17-18(3)4)26(35)20(7)11-2/h18-22,25-26,35H,10-17H2,1-9H3,(H,29,37)(H,30,36)(H,31,33). The van der Waals surface area contributed by atoms with Gasteiger partial charge in [0.05, 0.1) is 12.1 Å². The maximum absolute atomic E-state index is 13.4. The van der Waals surface area contributed by atoms with Crippen molar-refractivity contribution in [3.63, 3.8) is 0 Å². The molecule has 37 heavy (non-hydrogen) atoms. The van der Waals surface area contributed by atoms with Crippen molar-refractivity contribution in [2.75, 3.05) is 14.1 Å². The first-order chi connectivity index (χ1) is 17.2. The van der Waals surface area contributed by atoms with E-state index in [2.05, 4.69) is 22.9 Å². The number of nitrogens with zero attached hydrogens (tertiary/aromatic N) is 1. The molecule has 0 bridgehead atoms. The lowest BCUT2D eigenvalue weighted by atomic mass is 9.90. The fourth-order valence-electron chi connectivity index (χ4n) is 4.05. The minimum absolute atomic E-state index is 0.0133. The van der Waals surface area contributed by atoms with Gasteiger partial charge in [-0.15, -0.1) is 0 Å². The summed E-state index contributed by atoms with van der Waals surface area (Å²) in [5.74, 6) is -1.22. The summed E-state index contributed by atoms with van der Waals surface area (Å²) in [6.07, 6.45) is 3.82. The Morgan fingerprint density at radius 2 is 1.46 bits per heavy atom. The van der Waals surface area contributed by atoms with Gasteiger partial charge in [-0.1, -0.05) is 67.7 Å². The van der Waals surface area contributed by atoms with Crippen molar-refractivity contribution in [2.24, 2.45) is 17.8 Å². The van der Waals surface area contributed by atoms with E-state index in [0.717, 1.165) is 25.7 Å². The van der Waals surface area contributed by atoms with Crippen LogP contribution in [-0.2, 0) is 19.2 Å². The second-order valence-corrected chi connectivity index (χ2v) is 11.3. The van der Waals surface area contributed by atoms with Gasteiger partial charge < -0.3 is 26.0 Å². The van der Waals surface area contributed by atoms with Gasteiger partial charge in [0.25, 0.3) is 0 Å². The van der Waals surface area contributed by atoms with Crippen molar-refractivity contribution < 1.29 is 24.3 Å². The predicted molar refractivity (Wildman–Crippen MR) is 148 cm³/mol. The summed E-state index contributed by atoms with van der Waals surface area (Å²) in [4.78, 5) is 52.8. The largest absolute Gasteiger partial charge is 0.391 e. The summed E-state index contributed by atoms with van der Waals surface area (Å²) in [5, 5.41) is 19.4. The Morgan fingerprint density at radius 3 is 1.95 bits per heavy atom. The third-order valence-electron chi connectivity index (χ3n) is 6.74. The lowest BCUT2D eigenvalue weighted by Crippen LogP contribution is -2.57. The molecule has 0 aliphatic carbocycles. The molecule has 0 aromatic carbocycles. The molecule has 0 aliphatic heterocycles. The summed E-state index contributed by atoms with van der Waals surface area (Å²) in [5.41, 5.74) is 0. The highest BCUT2D eigenvalue weighted by Gasteiger charge is 2.32. The van der Waals surface area contributed by atoms with Crippen molar-refractivity contribution >= 4 is 23.6 Å². The Labute approximate surface area is 224 Å². The van der Waals surface area contributed by atoms with Crippen LogP contribution in [0.25, 0.3) is 0 Å². The number of carbonyl (C=O) groups excluding carboxylic acids is 4. The van der Waals surface area contributed by atoms with Gasteiger partial charge >= 0.3 is 0 Å². The number of hydrogen-bond acceptors (Lipinski definition) is 5. The highest BCUT2D eigenvalue weighted by atomic mass is 16.3. The Kier molecular flexibility index (Phi) is 17.1. The summed E-state index contributed by atoms with van der Waals surface area (Å²) in [6, 6.07) is -2.26. The molecule has 0 fully saturated rings. The van der Waals surface area contributed by atoms with E-state index in [1.807, 2.05) is 41.5 Å². The average molecular weight is 527 g/mol. The van der Waals surface area contributed by atoms with Gasteiger partial charge in [-0.05, 0) is 37.0 Å². The fourth-order valence-corrected chi connectivity index (χ4v) is 4.05. The van der Waals surface area contributed by atoms with Gasteiger partial charge in [0.15, 0.2) is 0 Å². The number of aliphatic hydroxyl groups excluding tert-OH is 1. The third-order valence-corrected chi connectivity index (χ3v) is 6.74. The summed E-state index contributed by atoms with van der Waals surface area (Å²) >= 11 is 0. The van der Waals surface area contributed by atoms with Crippen molar-refractivity contribution in [1.29, 1.82) is 0 Å². The lowest BCUT2D eigenvalue weighted by molar-refractivity contribution is -0.134. The van der Waals surface area contributed by atoms with E-state index in [0.29, 0.717) is 12.8 Å². The van der Waals surface area contributed by atoms with E-state index >= 15 is 0 Å². The van der Waals surface area contributed by atoms with E-state index in [1.54, 1.807) is 14.1 Å². The smallest absolute Gasteiger partial charge is 0.243 e. The molecule has 0 aliphatic rings. The fraction of sp³-hybridized carbons (Fsp3) is 0.857. The Hall–Kier alpha value is -2.16. The van der Waals surface area contributed by atoms with Gasteiger partial charge in [-0.25, -0.2) is 0 Å². The normalized spacial score (nSPS) is 15.5. The van der Waals surface area contributed by atoms with Crippen LogP contribution in [0.15, 0.2) is 0 Å². The van der Waals surface area contributed by atoms with Crippen molar-refractivity contribution in [2.45, 2.75) is 124 Å². The maximum atomic E-state index is 13.4. The molecule has 216 valence electrons. The molecule has 4 amide bonds. The highest BCUT2D eigenvalue weighted by molar-refractivity contribution is 5.92. The number of nitrogens with one attached hydrogen (secondary N) is 3. The molecule has 0 heterocycles. The molecule has 0 aromatic heterocycles. The second kappa shape index (κ2) is 18.2. The molecule has 0 saturated heterocycles. The molecule has 4 N–H and O–H groups in total. The quantitative estimate of drug-likeness (QED) is 0.204. The molecule has 5 atom stereocenters. The molecule has 0 radical (unpaired) electrons. The van der Waals surface area contributed by atoms with E-state index in [1.165, 1.54) is 4.90 Å². The maximum Gasteiger partial charge on any atom is 0.243 e. The van der Waals surface area contributed by atoms with Crippen LogP contribution in [0.2, 0.25) is 0 Å². The molecule has 9 heteroatoms. The molecular formula is C28H54N4O5. The first-order valence-corrected chi connectivity index (χ1v) is 14.0. The van der Waals surface area contributed by atoms with Gasteiger partial charge in [-0.3, -0.25) is 19.2 Å². The predicted octanol–water partition coefficient (Wildman–Crippen LogP) is 3.00. The zero-order valence-electron chi connectivity index (χ0n) is 24.7. The Morgan fingerprint density at radius 1 is 0.838 bits per heavy atom. The topological polar surface area (TPSA) is 128 Å². The van der Waals surface area contributed by atoms with Crippen molar-refractivity contribution in [3.8, 4) is 0 Å². The van der Waals surface area contributed by atoms with Crippen LogP contribution < -0.4 is 16.0 Å². The minimum atomic E-state index is -0.978. The van der Waals surface area contributed by atoms with Crippen LogP contribution >= 0.6 is 0 Å². The van der Waals surface area contributed by atoms with Crippen LogP contribution in [0, 0.1) is 17.8 Å². The first-order valence-electron chi connectivity index (χ1n) is 14.0.